The average molecular weight is 1040 g/mol. The number of thiophene rings is 3. The molecule has 0 N–H and O–H groups in total. The van der Waals surface area contributed by atoms with Crippen molar-refractivity contribution in [3.63, 3.8) is 0 Å². The number of rotatable bonds is 38. The molecule has 0 aliphatic carbocycles. The van der Waals surface area contributed by atoms with E-state index in [0.717, 1.165) is 45.2 Å². The summed E-state index contributed by atoms with van der Waals surface area (Å²) in [6.45, 7) is 9.67. The molecule has 0 aromatic carbocycles. The molecule has 8 heteroatoms. The summed E-state index contributed by atoms with van der Waals surface area (Å²) in [7, 11) is 0. The summed E-state index contributed by atoms with van der Waals surface area (Å²) in [5.41, 5.74) is 4.01. The second kappa shape index (κ2) is 32.0. The first kappa shape index (κ1) is 53.8. The quantitative estimate of drug-likeness (QED) is 0.0424. The third kappa shape index (κ3) is 18.1. The molecule has 3 aromatic heterocycles. The first-order valence-electron chi connectivity index (χ1n) is 25.9. The zero-order valence-electron chi connectivity index (χ0n) is 39.7. The van der Waals surface area contributed by atoms with Gasteiger partial charge in [0.1, 0.15) is 0 Å². The van der Waals surface area contributed by atoms with E-state index in [-0.39, 0.29) is 11.8 Å². The summed E-state index contributed by atoms with van der Waals surface area (Å²) in [6.07, 6.45) is 43.4. The minimum absolute atomic E-state index is 0.0639. The summed E-state index contributed by atoms with van der Waals surface area (Å²) >= 11 is 13.1. The van der Waals surface area contributed by atoms with Gasteiger partial charge < -0.3 is 0 Å². The minimum atomic E-state index is -0.0639. The Labute approximate surface area is 409 Å². The Morgan fingerprint density at radius 3 is 1.10 bits per heavy atom. The molecule has 2 amide bonds. The highest BCUT2D eigenvalue weighted by molar-refractivity contribution is 9.11. The number of carbonyl (C=O) groups excluding carboxylic acids is 2. The third-order valence-electron chi connectivity index (χ3n) is 13.3. The lowest BCUT2D eigenvalue weighted by atomic mass is 9.93. The molecule has 350 valence electrons. The van der Waals surface area contributed by atoms with E-state index >= 15 is 0 Å². The highest BCUT2D eigenvalue weighted by Crippen LogP contribution is 2.51. The molecule has 3 nitrogen and oxygen atoms in total. The van der Waals surface area contributed by atoms with Gasteiger partial charge in [-0.1, -0.05) is 207 Å². The summed E-state index contributed by atoms with van der Waals surface area (Å²) in [6, 6.07) is 4.66. The molecule has 0 saturated carbocycles. The maximum absolute atomic E-state index is 14.8. The number of hydrogen-bond donors (Lipinski definition) is 0. The van der Waals surface area contributed by atoms with E-state index in [1.54, 1.807) is 38.9 Å². The van der Waals surface area contributed by atoms with Crippen molar-refractivity contribution < 1.29 is 9.59 Å². The van der Waals surface area contributed by atoms with Gasteiger partial charge in [0.15, 0.2) is 0 Å². The Bertz CT molecular complexity index is 1590. The highest BCUT2D eigenvalue weighted by atomic mass is 79.9. The summed E-state index contributed by atoms with van der Waals surface area (Å²) < 4.78 is 2.34. The van der Waals surface area contributed by atoms with Crippen LogP contribution in [0, 0.1) is 5.92 Å². The van der Waals surface area contributed by atoms with Gasteiger partial charge in [0.25, 0.3) is 11.8 Å². The molecule has 0 fully saturated rings. The molecule has 4 rings (SSSR count). The van der Waals surface area contributed by atoms with Crippen LogP contribution >= 0.6 is 65.9 Å². The van der Waals surface area contributed by atoms with Crippen LogP contribution in [0.15, 0.2) is 19.7 Å². The third-order valence-corrected chi connectivity index (χ3v) is 18.7. The summed E-state index contributed by atoms with van der Waals surface area (Å²) in [5.74, 6) is 0.231. The predicted octanol–water partition coefficient (Wildman–Crippen LogP) is 20.6. The fourth-order valence-electron chi connectivity index (χ4n) is 9.36. The van der Waals surface area contributed by atoms with Crippen LogP contribution in [0.2, 0.25) is 0 Å². The lowest BCUT2D eigenvalue weighted by molar-refractivity contribution is 0.0622. The van der Waals surface area contributed by atoms with Crippen molar-refractivity contribution in [1.29, 1.82) is 0 Å². The number of fused-ring (bicyclic) bond motifs is 1. The van der Waals surface area contributed by atoms with Crippen molar-refractivity contribution in [2.75, 3.05) is 6.54 Å². The zero-order valence-corrected chi connectivity index (χ0v) is 45.3. The van der Waals surface area contributed by atoms with Crippen molar-refractivity contribution >= 4 is 77.7 Å². The maximum Gasteiger partial charge on any atom is 0.263 e. The molecular formula is C54H85Br2NO2S3. The van der Waals surface area contributed by atoms with Crippen LogP contribution in [0.4, 0.5) is 0 Å². The van der Waals surface area contributed by atoms with E-state index in [0.29, 0.717) is 23.6 Å². The van der Waals surface area contributed by atoms with Crippen molar-refractivity contribution in [1.82, 2.24) is 4.90 Å². The van der Waals surface area contributed by atoms with Crippen molar-refractivity contribution in [3.8, 4) is 19.5 Å². The van der Waals surface area contributed by atoms with Crippen molar-refractivity contribution in [2.45, 2.75) is 246 Å². The summed E-state index contributed by atoms with van der Waals surface area (Å²) in [5, 5.41) is 0. The first-order chi connectivity index (χ1) is 30.3. The molecule has 0 bridgehead atoms. The Kier molecular flexibility index (Phi) is 27.8. The molecule has 0 radical (unpaired) electrons. The Hall–Kier alpha value is -0.800. The van der Waals surface area contributed by atoms with Gasteiger partial charge in [-0.15, -0.1) is 34.0 Å². The summed E-state index contributed by atoms with van der Waals surface area (Å²) in [4.78, 5) is 35.4. The van der Waals surface area contributed by atoms with Crippen LogP contribution in [0.1, 0.15) is 265 Å². The molecule has 3 aromatic rings. The van der Waals surface area contributed by atoms with Gasteiger partial charge in [0.2, 0.25) is 0 Å². The number of unbranched alkanes of at least 4 members (excludes halogenated alkanes) is 26. The van der Waals surface area contributed by atoms with E-state index in [1.165, 1.54) is 211 Å². The van der Waals surface area contributed by atoms with E-state index in [2.05, 4.69) is 71.7 Å². The van der Waals surface area contributed by atoms with Crippen molar-refractivity contribution in [2.24, 2.45) is 5.92 Å². The largest absolute Gasteiger partial charge is 0.274 e. The van der Waals surface area contributed by atoms with Gasteiger partial charge in [0, 0.05) is 16.3 Å². The van der Waals surface area contributed by atoms with Crippen molar-refractivity contribution in [3.05, 3.63) is 42.0 Å². The fourth-order valence-corrected chi connectivity index (χ4v) is 14.4. The van der Waals surface area contributed by atoms with Crippen LogP contribution in [-0.2, 0) is 12.8 Å². The zero-order chi connectivity index (χ0) is 44.4. The lowest BCUT2D eigenvalue weighted by Gasteiger charge is -2.23. The normalized spacial score (nSPS) is 13.3. The number of imide groups is 1. The van der Waals surface area contributed by atoms with Gasteiger partial charge in [-0.3, -0.25) is 14.5 Å². The smallest absolute Gasteiger partial charge is 0.263 e. The molecule has 0 spiro atoms. The van der Waals surface area contributed by atoms with E-state index in [4.69, 9.17) is 0 Å². The predicted molar refractivity (Wildman–Crippen MR) is 283 cm³/mol. The second-order valence-corrected chi connectivity index (χ2v) is 24.4. The maximum atomic E-state index is 14.8. The first-order valence-corrected chi connectivity index (χ1v) is 30.0. The standard InChI is InChI=1S/C54H85Br2NO2S3/c1-5-9-13-17-20-22-24-26-29-33-37-43-39-45(60-51(43)55)49-47-48(50(62-49)46-40-44(52(56)61-46)38-34-30-27-25-23-21-18-14-10-6-2)54(59)57(53(47)58)41-42(35-31-16-12-8-4)36-32-28-19-15-11-7-3/h39-40,42H,5-38,41H2,1-4H3. The Morgan fingerprint density at radius 2 is 0.742 bits per heavy atom. The van der Waals surface area contributed by atoms with Crippen LogP contribution < -0.4 is 0 Å². The highest BCUT2D eigenvalue weighted by Gasteiger charge is 2.43. The number of aryl methyl sites for hydroxylation is 2. The van der Waals surface area contributed by atoms with E-state index < -0.39 is 0 Å². The topological polar surface area (TPSA) is 37.4 Å². The molecular weight excluding hydrogens is 951 g/mol. The van der Waals surface area contributed by atoms with Crippen LogP contribution in [-0.4, -0.2) is 23.3 Å². The van der Waals surface area contributed by atoms with E-state index in [9.17, 15) is 9.59 Å². The molecule has 0 saturated heterocycles. The van der Waals surface area contributed by atoms with Gasteiger partial charge >= 0.3 is 0 Å². The van der Waals surface area contributed by atoms with E-state index in [1.807, 2.05) is 0 Å². The molecule has 62 heavy (non-hydrogen) atoms. The van der Waals surface area contributed by atoms with Crippen LogP contribution in [0.3, 0.4) is 0 Å². The van der Waals surface area contributed by atoms with Gasteiger partial charge in [-0.05, 0) is 99.6 Å². The fraction of sp³-hybridized carbons (Fsp3) is 0.741. The second-order valence-electron chi connectivity index (χ2n) is 18.7. The SMILES string of the molecule is CCCCCCCCCCCCc1cc(-c2sc(-c3cc(CCCCCCCCCCCC)c(Br)s3)c3c2C(=O)N(CC(CCCCCC)CCCCCCCC)C3=O)sc1Br. The number of carbonyl (C=O) groups is 2. The minimum Gasteiger partial charge on any atom is -0.274 e. The molecule has 1 aliphatic heterocycles. The number of nitrogens with zero attached hydrogens (tertiary/aromatic N) is 1. The monoisotopic (exact) mass is 1030 g/mol. The number of halogens is 2. The lowest BCUT2D eigenvalue weighted by Crippen LogP contribution is -2.35. The Morgan fingerprint density at radius 1 is 0.435 bits per heavy atom. The molecule has 4 heterocycles. The Balaban J connectivity index is 1.51. The van der Waals surface area contributed by atoms with Gasteiger partial charge in [-0.25, -0.2) is 0 Å². The van der Waals surface area contributed by atoms with Crippen LogP contribution in [0.5, 0.6) is 0 Å². The number of hydrogen-bond acceptors (Lipinski definition) is 5. The average Bonchev–Trinajstić information content (AvgIpc) is 4.01. The van der Waals surface area contributed by atoms with Gasteiger partial charge in [0.05, 0.1) is 28.5 Å². The molecule has 1 unspecified atom stereocenters. The molecule has 1 atom stereocenters. The van der Waals surface area contributed by atoms with Crippen LogP contribution in [0.25, 0.3) is 19.5 Å². The number of amides is 2. The molecule has 1 aliphatic rings. The van der Waals surface area contributed by atoms with Gasteiger partial charge in [-0.2, -0.15) is 0 Å².